The highest BCUT2D eigenvalue weighted by atomic mass is 16.3. The standard InChI is InChI=1S/C7H10N2O/c1-5-6(4-10)2-3-7(8)9-5/h2-3,10H,4H2,1H3,(H2,8,9). The first-order chi connectivity index (χ1) is 4.74. The molecule has 1 rings (SSSR count). The molecule has 0 aliphatic rings. The van der Waals surface area contributed by atoms with Crippen LogP contribution in [-0.4, -0.2) is 10.1 Å². The molecule has 10 heavy (non-hydrogen) atoms. The number of aliphatic hydroxyl groups is 1. The molecule has 3 N–H and O–H groups in total. The molecule has 0 saturated carbocycles. The smallest absolute Gasteiger partial charge is 0.123 e. The van der Waals surface area contributed by atoms with Crippen LogP contribution in [0.1, 0.15) is 11.3 Å². The zero-order valence-electron chi connectivity index (χ0n) is 5.83. The van der Waals surface area contributed by atoms with Crippen LogP contribution >= 0.6 is 0 Å². The molecule has 0 unspecified atom stereocenters. The molecule has 1 aromatic rings. The van der Waals surface area contributed by atoms with E-state index >= 15 is 0 Å². The van der Waals surface area contributed by atoms with E-state index in [0.717, 1.165) is 11.3 Å². The van der Waals surface area contributed by atoms with E-state index in [4.69, 9.17) is 10.8 Å². The van der Waals surface area contributed by atoms with Crippen LogP contribution in [0.5, 0.6) is 0 Å². The second-order valence-corrected chi connectivity index (χ2v) is 2.14. The van der Waals surface area contributed by atoms with Crippen LogP contribution in [0.4, 0.5) is 5.82 Å². The van der Waals surface area contributed by atoms with Crippen molar-refractivity contribution in [3.05, 3.63) is 23.4 Å². The van der Waals surface area contributed by atoms with Gasteiger partial charge in [-0.15, -0.1) is 0 Å². The average molecular weight is 138 g/mol. The van der Waals surface area contributed by atoms with Gasteiger partial charge < -0.3 is 10.8 Å². The Morgan fingerprint density at radius 3 is 2.80 bits per heavy atom. The summed E-state index contributed by atoms with van der Waals surface area (Å²) in [6, 6.07) is 3.45. The topological polar surface area (TPSA) is 59.1 Å². The zero-order valence-corrected chi connectivity index (χ0v) is 5.83. The molecular weight excluding hydrogens is 128 g/mol. The summed E-state index contributed by atoms with van der Waals surface area (Å²) in [5.74, 6) is 0.495. The Balaban J connectivity index is 3.07. The summed E-state index contributed by atoms with van der Waals surface area (Å²) < 4.78 is 0. The maximum absolute atomic E-state index is 8.73. The van der Waals surface area contributed by atoms with E-state index in [1.807, 2.05) is 6.92 Å². The normalized spacial score (nSPS) is 9.80. The van der Waals surface area contributed by atoms with Crippen molar-refractivity contribution in [2.24, 2.45) is 0 Å². The molecule has 0 aromatic carbocycles. The van der Waals surface area contributed by atoms with Crippen LogP contribution in [0, 0.1) is 6.92 Å². The fraction of sp³-hybridized carbons (Fsp3) is 0.286. The van der Waals surface area contributed by atoms with Gasteiger partial charge in [-0.2, -0.15) is 0 Å². The van der Waals surface area contributed by atoms with Gasteiger partial charge in [0.15, 0.2) is 0 Å². The van der Waals surface area contributed by atoms with Gasteiger partial charge in [0.05, 0.1) is 6.61 Å². The van der Waals surface area contributed by atoms with E-state index in [9.17, 15) is 0 Å². The Hall–Kier alpha value is -1.09. The first-order valence-corrected chi connectivity index (χ1v) is 3.07. The van der Waals surface area contributed by atoms with Crippen molar-refractivity contribution < 1.29 is 5.11 Å². The Kier molecular flexibility index (Phi) is 1.87. The lowest BCUT2D eigenvalue weighted by Crippen LogP contribution is -1.96. The number of hydrogen-bond acceptors (Lipinski definition) is 3. The second-order valence-electron chi connectivity index (χ2n) is 2.14. The van der Waals surface area contributed by atoms with Crippen LogP contribution < -0.4 is 5.73 Å². The summed E-state index contributed by atoms with van der Waals surface area (Å²) in [6.07, 6.45) is 0. The third-order valence-corrected chi connectivity index (χ3v) is 1.39. The third kappa shape index (κ3) is 1.25. The lowest BCUT2D eigenvalue weighted by atomic mass is 10.2. The number of pyridine rings is 1. The molecule has 0 aliphatic carbocycles. The van der Waals surface area contributed by atoms with Crippen molar-refractivity contribution in [3.8, 4) is 0 Å². The number of rotatable bonds is 1. The molecule has 0 amide bonds. The van der Waals surface area contributed by atoms with Crippen LogP contribution in [0.2, 0.25) is 0 Å². The average Bonchev–Trinajstić information content (AvgIpc) is 1.88. The minimum absolute atomic E-state index is 0.0269. The lowest BCUT2D eigenvalue weighted by molar-refractivity contribution is 0.280. The van der Waals surface area contributed by atoms with Crippen molar-refractivity contribution in [3.63, 3.8) is 0 Å². The molecular formula is C7H10N2O. The Labute approximate surface area is 59.5 Å². The van der Waals surface area contributed by atoms with E-state index in [0.29, 0.717) is 5.82 Å². The fourth-order valence-electron chi connectivity index (χ4n) is 0.776. The molecule has 0 atom stereocenters. The zero-order chi connectivity index (χ0) is 7.56. The highest BCUT2D eigenvalue weighted by Gasteiger charge is 1.96. The predicted molar refractivity (Wildman–Crippen MR) is 39.3 cm³/mol. The molecule has 0 bridgehead atoms. The summed E-state index contributed by atoms with van der Waals surface area (Å²) >= 11 is 0. The van der Waals surface area contributed by atoms with E-state index in [2.05, 4.69) is 4.98 Å². The van der Waals surface area contributed by atoms with Gasteiger partial charge in [-0.25, -0.2) is 4.98 Å². The number of nitrogen functional groups attached to an aromatic ring is 1. The van der Waals surface area contributed by atoms with Gasteiger partial charge in [0.2, 0.25) is 0 Å². The SMILES string of the molecule is Cc1nc(N)ccc1CO. The fourth-order valence-corrected chi connectivity index (χ4v) is 0.776. The number of aryl methyl sites for hydroxylation is 1. The number of anilines is 1. The van der Waals surface area contributed by atoms with Gasteiger partial charge in [-0.3, -0.25) is 0 Å². The van der Waals surface area contributed by atoms with Crippen molar-refractivity contribution in [1.82, 2.24) is 4.98 Å². The van der Waals surface area contributed by atoms with Gasteiger partial charge in [0.25, 0.3) is 0 Å². The Morgan fingerprint density at radius 1 is 1.60 bits per heavy atom. The van der Waals surface area contributed by atoms with Gasteiger partial charge in [0, 0.05) is 5.69 Å². The minimum atomic E-state index is 0.0269. The van der Waals surface area contributed by atoms with Gasteiger partial charge in [-0.05, 0) is 18.6 Å². The summed E-state index contributed by atoms with van der Waals surface area (Å²) in [7, 11) is 0. The molecule has 54 valence electrons. The third-order valence-electron chi connectivity index (χ3n) is 1.39. The molecule has 3 nitrogen and oxygen atoms in total. The number of aromatic nitrogens is 1. The monoisotopic (exact) mass is 138 g/mol. The molecule has 0 radical (unpaired) electrons. The largest absolute Gasteiger partial charge is 0.392 e. The summed E-state index contributed by atoms with van der Waals surface area (Å²) in [4.78, 5) is 3.96. The van der Waals surface area contributed by atoms with Crippen molar-refractivity contribution in [1.29, 1.82) is 0 Å². The second kappa shape index (κ2) is 2.66. The van der Waals surface area contributed by atoms with Crippen LogP contribution in [-0.2, 0) is 6.61 Å². The maximum Gasteiger partial charge on any atom is 0.123 e. The minimum Gasteiger partial charge on any atom is -0.392 e. The molecule has 0 saturated heterocycles. The van der Waals surface area contributed by atoms with Gasteiger partial charge in [-0.1, -0.05) is 6.07 Å². The quantitative estimate of drug-likeness (QED) is 0.592. The number of nitrogens with two attached hydrogens (primary N) is 1. The molecule has 1 aromatic heterocycles. The Morgan fingerprint density at radius 2 is 2.30 bits per heavy atom. The Bertz CT molecular complexity index is 235. The summed E-state index contributed by atoms with van der Waals surface area (Å²) in [6.45, 7) is 1.85. The molecule has 0 fully saturated rings. The maximum atomic E-state index is 8.73. The van der Waals surface area contributed by atoms with E-state index in [1.165, 1.54) is 0 Å². The van der Waals surface area contributed by atoms with E-state index in [-0.39, 0.29) is 6.61 Å². The van der Waals surface area contributed by atoms with Crippen LogP contribution in [0.3, 0.4) is 0 Å². The summed E-state index contributed by atoms with van der Waals surface area (Å²) in [5.41, 5.74) is 7.01. The lowest BCUT2D eigenvalue weighted by Gasteiger charge is -2.00. The molecule has 3 heteroatoms. The highest BCUT2D eigenvalue weighted by Crippen LogP contribution is 2.06. The van der Waals surface area contributed by atoms with Crippen molar-refractivity contribution >= 4 is 5.82 Å². The van der Waals surface area contributed by atoms with E-state index < -0.39 is 0 Å². The molecule has 0 aliphatic heterocycles. The van der Waals surface area contributed by atoms with Crippen LogP contribution in [0.15, 0.2) is 12.1 Å². The number of nitrogens with zero attached hydrogens (tertiary/aromatic N) is 1. The van der Waals surface area contributed by atoms with Crippen molar-refractivity contribution in [2.75, 3.05) is 5.73 Å². The summed E-state index contributed by atoms with van der Waals surface area (Å²) in [5, 5.41) is 8.73. The number of hydrogen-bond donors (Lipinski definition) is 2. The first-order valence-electron chi connectivity index (χ1n) is 3.07. The highest BCUT2D eigenvalue weighted by molar-refractivity contribution is 5.33. The van der Waals surface area contributed by atoms with Crippen molar-refractivity contribution in [2.45, 2.75) is 13.5 Å². The molecule has 0 spiro atoms. The molecule has 1 heterocycles. The van der Waals surface area contributed by atoms with Crippen LogP contribution in [0.25, 0.3) is 0 Å². The number of aliphatic hydroxyl groups excluding tert-OH is 1. The predicted octanol–water partition coefficient (Wildman–Crippen LogP) is 0.465. The van der Waals surface area contributed by atoms with Gasteiger partial charge in [0.1, 0.15) is 5.82 Å². The van der Waals surface area contributed by atoms with Gasteiger partial charge >= 0.3 is 0 Å². The first kappa shape index (κ1) is 7.02. The van der Waals surface area contributed by atoms with E-state index in [1.54, 1.807) is 12.1 Å².